The van der Waals surface area contributed by atoms with Crippen LogP contribution in [0.3, 0.4) is 0 Å². The van der Waals surface area contributed by atoms with Gasteiger partial charge in [-0.25, -0.2) is 4.79 Å². The SMILES string of the molecule is O=C(O)C1=CN2C=CC=C(Br)C2N1. The first-order chi connectivity index (χ1) is 6.18. The second-order valence-corrected chi connectivity index (χ2v) is 3.65. The van der Waals surface area contributed by atoms with Crippen molar-refractivity contribution in [3.05, 3.63) is 34.7 Å². The van der Waals surface area contributed by atoms with E-state index >= 15 is 0 Å². The lowest BCUT2D eigenvalue weighted by atomic mass is 10.3. The van der Waals surface area contributed by atoms with Gasteiger partial charge in [-0.15, -0.1) is 0 Å². The van der Waals surface area contributed by atoms with Crippen molar-refractivity contribution >= 4 is 21.9 Å². The molecule has 2 aliphatic heterocycles. The van der Waals surface area contributed by atoms with Crippen molar-refractivity contribution in [3.8, 4) is 0 Å². The van der Waals surface area contributed by atoms with E-state index in [9.17, 15) is 4.79 Å². The van der Waals surface area contributed by atoms with Gasteiger partial charge in [-0.1, -0.05) is 15.9 Å². The molecular weight excluding hydrogens is 236 g/mol. The molecule has 0 aromatic heterocycles. The predicted molar refractivity (Wildman–Crippen MR) is 50.6 cm³/mol. The summed E-state index contributed by atoms with van der Waals surface area (Å²) in [6.07, 6.45) is 7.02. The maximum Gasteiger partial charge on any atom is 0.353 e. The summed E-state index contributed by atoms with van der Waals surface area (Å²) in [6.45, 7) is 0. The van der Waals surface area contributed by atoms with Gasteiger partial charge in [0.2, 0.25) is 0 Å². The van der Waals surface area contributed by atoms with Crippen LogP contribution < -0.4 is 5.32 Å². The third kappa shape index (κ3) is 1.35. The van der Waals surface area contributed by atoms with Crippen molar-refractivity contribution in [2.75, 3.05) is 0 Å². The molecule has 2 N–H and O–H groups in total. The van der Waals surface area contributed by atoms with Crippen LogP contribution in [0.1, 0.15) is 0 Å². The first-order valence-corrected chi connectivity index (χ1v) is 4.51. The average Bonchev–Trinajstić information content (AvgIpc) is 2.49. The molecule has 4 nitrogen and oxygen atoms in total. The number of nitrogens with zero attached hydrogens (tertiary/aromatic N) is 1. The molecule has 5 heteroatoms. The fraction of sp³-hybridized carbons (Fsp3) is 0.125. The van der Waals surface area contributed by atoms with E-state index in [1.165, 1.54) is 0 Å². The smallest absolute Gasteiger partial charge is 0.353 e. The number of hydrogen-bond acceptors (Lipinski definition) is 3. The first-order valence-electron chi connectivity index (χ1n) is 3.71. The summed E-state index contributed by atoms with van der Waals surface area (Å²) in [6, 6.07) is 0. The highest BCUT2D eigenvalue weighted by molar-refractivity contribution is 9.11. The molecule has 0 fully saturated rings. The maximum atomic E-state index is 10.6. The van der Waals surface area contributed by atoms with Crippen LogP contribution in [0.15, 0.2) is 34.7 Å². The molecule has 0 aromatic rings. The number of rotatable bonds is 1. The van der Waals surface area contributed by atoms with Gasteiger partial charge in [0.1, 0.15) is 11.9 Å². The lowest BCUT2D eigenvalue weighted by Crippen LogP contribution is -2.35. The van der Waals surface area contributed by atoms with Gasteiger partial charge in [0.05, 0.1) is 0 Å². The van der Waals surface area contributed by atoms with E-state index in [0.29, 0.717) is 0 Å². The topological polar surface area (TPSA) is 52.6 Å². The molecule has 0 amide bonds. The minimum atomic E-state index is -0.942. The normalized spacial score (nSPS) is 24.7. The second kappa shape index (κ2) is 2.92. The molecule has 0 radical (unpaired) electrons. The Kier molecular flexibility index (Phi) is 1.88. The standard InChI is InChI=1S/C8H7BrN2O2/c9-5-2-1-3-11-4-6(8(12)13)10-7(5)11/h1-4,7,10H,(H,12,13). The number of fused-ring (bicyclic) bond motifs is 1. The minimum Gasteiger partial charge on any atom is -0.477 e. The van der Waals surface area contributed by atoms with E-state index in [1.54, 1.807) is 11.1 Å². The highest BCUT2D eigenvalue weighted by Gasteiger charge is 2.28. The molecule has 0 spiro atoms. The summed E-state index contributed by atoms with van der Waals surface area (Å²) in [4.78, 5) is 12.4. The van der Waals surface area contributed by atoms with Gasteiger partial charge in [-0.2, -0.15) is 0 Å². The zero-order chi connectivity index (χ0) is 9.42. The van der Waals surface area contributed by atoms with E-state index < -0.39 is 5.97 Å². The maximum absolute atomic E-state index is 10.6. The third-order valence-electron chi connectivity index (χ3n) is 1.87. The fourth-order valence-corrected chi connectivity index (χ4v) is 1.77. The van der Waals surface area contributed by atoms with Gasteiger partial charge >= 0.3 is 5.97 Å². The number of halogens is 1. The van der Waals surface area contributed by atoms with Crippen molar-refractivity contribution in [1.82, 2.24) is 10.2 Å². The Bertz CT molecular complexity index is 346. The lowest BCUT2D eigenvalue weighted by Gasteiger charge is -2.23. The number of carbonyl (C=O) groups is 1. The molecule has 2 heterocycles. The minimum absolute atomic E-state index is 0.101. The highest BCUT2D eigenvalue weighted by atomic mass is 79.9. The van der Waals surface area contributed by atoms with Gasteiger partial charge in [0.25, 0.3) is 0 Å². The molecule has 1 atom stereocenters. The van der Waals surface area contributed by atoms with Crippen LogP contribution in [0.5, 0.6) is 0 Å². The van der Waals surface area contributed by atoms with E-state index in [0.717, 1.165) is 4.48 Å². The van der Waals surface area contributed by atoms with Gasteiger partial charge in [0.15, 0.2) is 0 Å². The van der Waals surface area contributed by atoms with Crippen molar-refractivity contribution in [3.63, 3.8) is 0 Å². The summed E-state index contributed by atoms with van der Waals surface area (Å²) < 4.78 is 0.919. The predicted octanol–water partition coefficient (Wildman–Crippen LogP) is 0.950. The number of nitrogens with one attached hydrogen (secondary N) is 1. The van der Waals surface area contributed by atoms with Gasteiger partial charge in [-0.05, 0) is 12.2 Å². The lowest BCUT2D eigenvalue weighted by molar-refractivity contribution is -0.133. The molecule has 2 aliphatic rings. The zero-order valence-electron chi connectivity index (χ0n) is 6.57. The van der Waals surface area contributed by atoms with Crippen LogP contribution >= 0.6 is 15.9 Å². The van der Waals surface area contributed by atoms with Crippen molar-refractivity contribution < 1.29 is 9.90 Å². The number of carboxylic acids is 1. The Balaban J connectivity index is 2.25. The molecule has 0 saturated carbocycles. The summed E-state index contributed by atoms with van der Waals surface area (Å²) in [5, 5.41) is 11.6. The second-order valence-electron chi connectivity index (χ2n) is 2.74. The Morgan fingerprint density at radius 3 is 3.08 bits per heavy atom. The molecule has 68 valence electrons. The summed E-state index contributed by atoms with van der Waals surface area (Å²) in [5.41, 5.74) is 0.210. The van der Waals surface area contributed by atoms with Crippen LogP contribution in [0, 0.1) is 0 Å². The van der Waals surface area contributed by atoms with Gasteiger partial charge < -0.3 is 15.3 Å². The molecule has 0 saturated heterocycles. The Hall–Kier alpha value is -1.23. The number of aliphatic carboxylic acids is 1. The molecule has 0 aromatic carbocycles. The van der Waals surface area contributed by atoms with Crippen molar-refractivity contribution in [1.29, 1.82) is 0 Å². The number of hydrogen-bond donors (Lipinski definition) is 2. The molecule has 2 rings (SSSR count). The molecule has 0 aliphatic carbocycles. The van der Waals surface area contributed by atoms with Crippen LogP contribution in [0.4, 0.5) is 0 Å². The van der Waals surface area contributed by atoms with Gasteiger partial charge in [-0.3, -0.25) is 0 Å². The van der Waals surface area contributed by atoms with Crippen LogP contribution in [0.25, 0.3) is 0 Å². The van der Waals surface area contributed by atoms with Gasteiger partial charge in [0, 0.05) is 16.9 Å². The Labute approximate surface area is 83.3 Å². The summed E-state index contributed by atoms with van der Waals surface area (Å²) in [5.74, 6) is -0.942. The monoisotopic (exact) mass is 242 g/mol. The first kappa shape index (κ1) is 8.37. The Morgan fingerprint density at radius 1 is 1.69 bits per heavy atom. The summed E-state index contributed by atoms with van der Waals surface area (Å²) >= 11 is 3.35. The number of carboxylic acid groups (broad SMARTS) is 1. The number of allylic oxidation sites excluding steroid dienone is 2. The van der Waals surface area contributed by atoms with E-state index in [2.05, 4.69) is 21.2 Å². The average molecular weight is 243 g/mol. The van der Waals surface area contributed by atoms with E-state index in [4.69, 9.17) is 5.11 Å². The zero-order valence-corrected chi connectivity index (χ0v) is 8.15. The molecule has 13 heavy (non-hydrogen) atoms. The van der Waals surface area contributed by atoms with E-state index in [1.807, 2.05) is 18.4 Å². The van der Waals surface area contributed by atoms with Crippen molar-refractivity contribution in [2.24, 2.45) is 0 Å². The van der Waals surface area contributed by atoms with Crippen LogP contribution in [-0.4, -0.2) is 22.1 Å². The fourth-order valence-electron chi connectivity index (χ4n) is 1.27. The van der Waals surface area contributed by atoms with Crippen LogP contribution in [0.2, 0.25) is 0 Å². The van der Waals surface area contributed by atoms with Crippen LogP contribution in [-0.2, 0) is 4.79 Å². The quantitative estimate of drug-likeness (QED) is 0.719. The molecule has 1 unspecified atom stereocenters. The highest BCUT2D eigenvalue weighted by Crippen LogP contribution is 2.25. The Morgan fingerprint density at radius 2 is 2.46 bits per heavy atom. The van der Waals surface area contributed by atoms with E-state index in [-0.39, 0.29) is 11.9 Å². The van der Waals surface area contributed by atoms with Crippen molar-refractivity contribution in [2.45, 2.75) is 6.17 Å². The summed E-state index contributed by atoms with van der Waals surface area (Å²) in [7, 11) is 0. The largest absolute Gasteiger partial charge is 0.477 e. The molecule has 0 bridgehead atoms. The third-order valence-corrected chi connectivity index (χ3v) is 2.57. The molecular formula is C8H7BrN2O2.